The van der Waals surface area contributed by atoms with Crippen LogP contribution >= 0.6 is 0 Å². The van der Waals surface area contributed by atoms with Crippen molar-refractivity contribution in [3.8, 4) is 0 Å². The van der Waals surface area contributed by atoms with Crippen LogP contribution in [0.15, 0.2) is 24.3 Å². The molecule has 0 radical (unpaired) electrons. The number of rotatable bonds is 3. The van der Waals surface area contributed by atoms with Crippen LogP contribution in [0.3, 0.4) is 0 Å². The molecule has 1 aromatic carbocycles. The Morgan fingerprint density at radius 2 is 1.62 bits per heavy atom. The van der Waals surface area contributed by atoms with Gasteiger partial charge in [-0.1, -0.05) is 6.92 Å². The summed E-state index contributed by atoms with van der Waals surface area (Å²) >= 11 is 0. The lowest BCUT2D eigenvalue weighted by Crippen LogP contribution is -2.39. The summed E-state index contributed by atoms with van der Waals surface area (Å²) in [7, 11) is 0. The van der Waals surface area contributed by atoms with Crippen molar-refractivity contribution in [3.63, 3.8) is 0 Å². The molecule has 0 aromatic heterocycles. The second-order valence-corrected chi connectivity index (χ2v) is 6.63. The average Bonchev–Trinajstić information content (AvgIpc) is 2.55. The lowest BCUT2D eigenvalue weighted by atomic mass is 9.98. The van der Waals surface area contributed by atoms with E-state index in [9.17, 15) is 14.4 Å². The Hall–Kier alpha value is -2.37. The predicted molar refractivity (Wildman–Crippen MR) is 92.7 cm³/mol. The van der Waals surface area contributed by atoms with Gasteiger partial charge in [-0.2, -0.15) is 0 Å². The highest BCUT2D eigenvalue weighted by atomic mass is 16.2. The molecule has 1 aliphatic heterocycles. The van der Waals surface area contributed by atoms with Crippen LogP contribution in [-0.4, -0.2) is 41.8 Å². The molecule has 1 fully saturated rings. The largest absolute Gasteiger partial charge is 0.346 e. The van der Waals surface area contributed by atoms with Crippen LogP contribution < -0.4 is 10.6 Å². The molecule has 2 rings (SSSR count). The first kappa shape index (κ1) is 18.0. The van der Waals surface area contributed by atoms with Gasteiger partial charge in [-0.05, 0) is 56.9 Å². The molecule has 0 spiro atoms. The topological polar surface area (TPSA) is 78.5 Å². The van der Waals surface area contributed by atoms with Crippen LogP contribution in [-0.2, 0) is 9.59 Å². The van der Waals surface area contributed by atoms with Crippen molar-refractivity contribution in [1.82, 2.24) is 10.2 Å². The van der Waals surface area contributed by atoms with E-state index in [0.29, 0.717) is 17.2 Å². The van der Waals surface area contributed by atoms with Gasteiger partial charge in [0.15, 0.2) is 0 Å². The van der Waals surface area contributed by atoms with E-state index in [-0.39, 0.29) is 11.9 Å². The zero-order chi connectivity index (χ0) is 17.7. The number of amides is 3. The number of benzene rings is 1. The molecule has 6 heteroatoms. The second-order valence-electron chi connectivity index (χ2n) is 6.63. The van der Waals surface area contributed by atoms with Gasteiger partial charge >= 0.3 is 11.8 Å². The monoisotopic (exact) mass is 331 g/mol. The Labute approximate surface area is 142 Å². The fourth-order valence-electron chi connectivity index (χ4n) is 2.61. The molecule has 1 aromatic rings. The van der Waals surface area contributed by atoms with Crippen molar-refractivity contribution in [1.29, 1.82) is 0 Å². The van der Waals surface area contributed by atoms with E-state index in [2.05, 4.69) is 17.6 Å². The molecular formula is C18H25N3O3. The molecule has 24 heavy (non-hydrogen) atoms. The highest BCUT2D eigenvalue weighted by Gasteiger charge is 2.21. The Kier molecular flexibility index (Phi) is 5.95. The summed E-state index contributed by atoms with van der Waals surface area (Å²) in [5.41, 5.74) is 1.08. The van der Waals surface area contributed by atoms with E-state index in [1.165, 1.54) is 0 Å². The van der Waals surface area contributed by atoms with E-state index in [1.807, 2.05) is 4.90 Å². The average molecular weight is 331 g/mol. The lowest BCUT2D eigenvalue weighted by Gasteiger charge is -2.30. The summed E-state index contributed by atoms with van der Waals surface area (Å²) in [6.07, 6.45) is 2.07. The highest BCUT2D eigenvalue weighted by molar-refractivity contribution is 6.39. The maximum Gasteiger partial charge on any atom is 0.313 e. The molecular weight excluding hydrogens is 306 g/mol. The first-order valence-corrected chi connectivity index (χ1v) is 8.38. The predicted octanol–water partition coefficient (Wildman–Crippen LogP) is 2.02. The normalized spacial score (nSPS) is 15.2. The first-order valence-electron chi connectivity index (χ1n) is 8.38. The van der Waals surface area contributed by atoms with Gasteiger partial charge in [0.1, 0.15) is 0 Å². The minimum absolute atomic E-state index is 0.0114. The second kappa shape index (κ2) is 7.95. The van der Waals surface area contributed by atoms with Crippen LogP contribution in [0.25, 0.3) is 0 Å². The van der Waals surface area contributed by atoms with Crippen LogP contribution in [0.1, 0.15) is 44.0 Å². The van der Waals surface area contributed by atoms with Crippen LogP contribution in [0.5, 0.6) is 0 Å². The molecule has 0 unspecified atom stereocenters. The van der Waals surface area contributed by atoms with E-state index in [1.54, 1.807) is 38.1 Å². The molecule has 0 bridgehead atoms. The third kappa shape index (κ3) is 4.81. The first-order chi connectivity index (χ1) is 11.4. The van der Waals surface area contributed by atoms with Crippen molar-refractivity contribution < 1.29 is 14.4 Å². The number of likely N-dealkylation sites (tertiary alicyclic amines) is 1. The number of hydrogen-bond acceptors (Lipinski definition) is 3. The number of carbonyl (C=O) groups excluding carboxylic acids is 3. The lowest BCUT2D eigenvalue weighted by molar-refractivity contribution is -0.136. The molecule has 0 aliphatic carbocycles. The van der Waals surface area contributed by atoms with Crippen molar-refractivity contribution in [2.45, 2.75) is 39.7 Å². The Balaban J connectivity index is 1.94. The van der Waals surface area contributed by atoms with Gasteiger partial charge in [-0.25, -0.2) is 0 Å². The van der Waals surface area contributed by atoms with Crippen molar-refractivity contribution >= 4 is 23.4 Å². The summed E-state index contributed by atoms with van der Waals surface area (Å²) < 4.78 is 0. The molecule has 2 N–H and O–H groups in total. The van der Waals surface area contributed by atoms with Crippen molar-refractivity contribution in [3.05, 3.63) is 29.8 Å². The summed E-state index contributed by atoms with van der Waals surface area (Å²) in [6, 6.07) is 6.53. The summed E-state index contributed by atoms with van der Waals surface area (Å²) in [6.45, 7) is 7.34. The molecule has 1 aliphatic rings. The molecule has 0 atom stereocenters. The maximum atomic E-state index is 12.4. The molecule has 1 saturated heterocycles. The molecule has 1 heterocycles. The minimum Gasteiger partial charge on any atom is -0.346 e. The number of hydrogen-bond donors (Lipinski definition) is 2. The van der Waals surface area contributed by atoms with Crippen molar-refractivity contribution in [2.75, 3.05) is 18.4 Å². The van der Waals surface area contributed by atoms with Crippen LogP contribution in [0.4, 0.5) is 5.69 Å². The fourth-order valence-corrected chi connectivity index (χ4v) is 2.61. The SMILES string of the molecule is CC1CCN(C(=O)c2ccc(NC(=O)C(=O)NC(C)C)cc2)CC1. The van der Waals surface area contributed by atoms with E-state index in [0.717, 1.165) is 25.9 Å². The standard InChI is InChI=1S/C18H25N3O3/c1-12(2)19-16(22)17(23)20-15-6-4-14(5-7-15)18(24)21-10-8-13(3)9-11-21/h4-7,12-13H,8-11H2,1-3H3,(H,19,22)(H,20,23). The number of anilines is 1. The van der Waals surface area contributed by atoms with Crippen molar-refractivity contribution in [2.24, 2.45) is 5.92 Å². The molecule has 130 valence electrons. The van der Waals surface area contributed by atoms with Gasteiger partial charge < -0.3 is 15.5 Å². The van der Waals surface area contributed by atoms with Gasteiger partial charge in [0.2, 0.25) is 0 Å². The summed E-state index contributed by atoms with van der Waals surface area (Å²) in [4.78, 5) is 37.6. The molecule has 6 nitrogen and oxygen atoms in total. The number of carbonyl (C=O) groups is 3. The van der Waals surface area contributed by atoms with Gasteiger partial charge in [0.05, 0.1) is 0 Å². The quantitative estimate of drug-likeness (QED) is 0.832. The van der Waals surface area contributed by atoms with Gasteiger partial charge in [0.25, 0.3) is 5.91 Å². The Bertz CT molecular complexity index is 602. The van der Waals surface area contributed by atoms with E-state index < -0.39 is 11.8 Å². The maximum absolute atomic E-state index is 12.4. The smallest absolute Gasteiger partial charge is 0.313 e. The summed E-state index contributed by atoms with van der Waals surface area (Å²) in [5.74, 6) is -0.707. The number of nitrogens with one attached hydrogen (secondary N) is 2. The number of piperidine rings is 1. The van der Waals surface area contributed by atoms with E-state index >= 15 is 0 Å². The number of nitrogens with zero attached hydrogens (tertiary/aromatic N) is 1. The minimum atomic E-state index is -0.715. The van der Waals surface area contributed by atoms with E-state index in [4.69, 9.17) is 0 Å². The Morgan fingerprint density at radius 3 is 2.17 bits per heavy atom. The molecule has 0 saturated carbocycles. The Morgan fingerprint density at radius 1 is 1.04 bits per heavy atom. The fraction of sp³-hybridized carbons (Fsp3) is 0.500. The van der Waals surface area contributed by atoms with Gasteiger partial charge in [0, 0.05) is 30.4 Å². The van der Waals surface area contributed by atoms with Crippen LogP contribution in [0, 0.1) is 5.92 Å². The van der Waals surface area contributed by atoms with Gasteiger partial charge in [-0.15, -0.1) is 0 Å². The van der Waals surface area contributed by atoms with Gasteiger partial charge in [-0.3, -0.25) is 14.4 Å². The van der Waals surface area contributed by atoms with Crippen LogP contribution in [0.2, 0.25) is 0 Å². The highest BCUT2D eigenvalue weighted by Crippen LogP contribution is 2.19. The zero-order valence-corrected chi connectivity index (χ0v) is 14.5. The third-order valence-electron chi connectivity index (χ3n) is 4.09. The summed E-state index contributed by atoms with van der Waals surface area (Å²) in [5, 5.41) is 5.05. The third-order valence-corrected chi connectivity index (χ3v) is 4.09. The molecule has 3 amide bonds. The zero-order valence-electron chi connectivity index (χ0n) is 14.5.